The number of nitrogens with one attached hydrogen (secondary N) is 1. The van der Waals surface area contributed by atoms with Crippen molar-refractivity contribution < 1.29 is 4.79 Å². The maximum atomic E-state index is 11.5. The van der Waals surface area contributed by atoms with Crippen LogP contribution in [0.4, 0.5) is 5.95 Å². The summed E-state index contributed by atoms with van der Waals surface area (Å²) in [5.74, 6) is 0.00969. The Morgan fingerprint density at radius 3 is 3.00 bits per heavy atom. The first-order chi connectivity index (χ1) is 7.13. The van der Waals surface area contributed by atoms with Crippen molar-refractivity contribution in [2.75, 3.05) is 5.32 Å². The summed E-state index contributed by atoms with van der Waals surface area (Å²) in [4.78, 5) is 19.2. The van der Waals surface area contributed by atoms with Gasteiger partial charge in [-0.25, -0.2) is 9.97 Å². The monoisotopic (exact) mass is 225 g/mol. The van der Waals surface area contributed by atoms with Crippen molar-refractivity contribution in [1.82, 2.24) is 9.97 Å². The molecule has 0 bridgehead atoms. The highest BCUT2D eigenvalue weighted by molar-refractivity contribution is 6.29. The minimum atomic E-state index is -0.209. The zero-order valence-corrected chi connectivity index (χ0v) is 9.38. The van der Waals surface area contributed by atoms with Gasteiger partial charge < -0.3 is 0 Å². The number of hydrogen-bond acceptors (Lipinski definition) is 3. The molecule has 0 aliphatic carbocycles. The Kier molecular flexibility index (Phi) is 4.24. The lowest BCUT2D eigenvalue weighted by atomic mass is 10.2. The van der Waals surface area contributed by atoms with E-state index in [4.69, 9.17) is 11.6 Å². The Morgan fingerprint density at radius 2 is 2.40 bits per heavy atom. The number of allylic oxidation sites excluding steroid dienone is 1. The Morgan fingerprint density at radius 1 is 1.67 bits per heavy atom. The summed E-state index contributed by atoms with van der Waals surface area (Å²) in [6.45, 7) is 3.70. The predicted octanol–water partition coefficient (Wildman–Crippen LogP) is 2.42. The van der Waals surface area contributed by atoms with Crippen LogP contribution in [0.15, 0.2) is 23.9 Å². The molecule has 1 heterocycles. The Bertz CT molecular complexity index is 390. The molecule has 0 unspecified atom stereocenters. The third kappa shape index (κ3) is 3.67. The van der Waals surface area contributed by atoms with Gasteiger partial charge in [0.1, 0.15) is 5.15 Å². The zero-order chi connectivity index (χ0) is 11.3. The van der Waals surface area contributed by atoms with Crippen LogP contribution in [0.1, 0.15) is 20.3 Å². The van der Waals surface area contributed by atoms with Gasteiger partial charge in [-0.15, -0.1) is 0 Å². The molecule has 0 aromatic carbocycles. The molecule has 1 amide bonds. The fourth-order valence-electron chi connectivity index (χ4n) is 0.996. The molecule has 0 saturated carbocycles. The third-order valence-electron chi connectivity index (χ3n) is 1.72. The van der Waals surface area contributed by atoms with Gasteiger partial charge in [0.15, 0.2) is 0 Å². The molecule has 0 saturated heterocycles. The van der Waals surface area contributed by atoms with Gasteiger partial charge in [-0.3, -0.25) is 10.1 Å². The maximum Gasteiger partial charge on any atom is 0.253 e. The van der Waals surface area contributed by atoms with Crippen molar-refractivity contribution in [3.8, 4) is 0 Å². The standard InChI is InChI=1S/C10H12ClN3O/c1-3-4-7(2)9(15)14-10-12-6-5-8(11)13-10/h4-6H,3H2,1-2H3,(H,12,13,14,15)/b7-4-. The van der Waals surface area contributed by atoms with Gasteiger partial charge in [-0.05, 0) is 19.4 Å². The van der Waals surface area contributed by atoms with E-state index >= 15 is 0 Å². The van der Waals surface area contributed by atoms with Crippen molar-refractivity contribution in [2.45, 2.75) is 20.3 Å². The molecule has 0 fully saturated rings. The van der Waals surface area contributed by atoms with Crippen LogP contribution in [-0.2, 0) is 4.79 Å². The zero-order valence-electron chi connectivity index (χ0n) is 8.62. The van der Waals surface area contributed by atoms with Gasteiger partial charge in [-0.2, -0.15) is 0 Å². The average Bonchev–Trinajstić information content (AvgIpc) is 2.18. The highest BCUT2D eigenvalue weighted by Gasteiger charge is 2.05. The first-order valence-electron chi connectivity index (χ1n) is 4.60. The molecular formula is C10H12ClN3O. The van der Waals surface area contributed by atoms with Gasteiger partial charge in [0.05, 0.1) is 0 Å². The van der Waals surface area contributed by atoms with Crippen LogP contribution in [0.2, 0.25) is 5.15 Å². The Hall–Kier alpha value is -1.42. The molecule has 0 spiro atoms. The van der Waals surface area contributed by atoms with Crippen LogP contribution in [0.3, 0.4) is 0 Å². The van der Waals surface area contributed by atoms with E-state index in [1.165, 1.54) is 6.20 Å². The summed E-state index contributed by atoms with van der Waals surface area (Å²) < 4.78 is 0. The van der Waals surface area contributed by atoms with E-state index < -0.39 is 0 Å². The largest absolute Gasteiger partial charge is 0.291 e. The number of carbonyl (C=O) groups is 1. The number of rotatable bonds is 3. The summed E-state index contributed by atoms with van der Waals surface area (Å²) in [5.41, 5.74) is 0.640. The van der Waals surface area contributed by atoms with Crippen LogP contribution in [0, 0.1) is 0 Å². The van der Waals surface area contributed by atoms with E-state index in [0.717, 1.165) is 6.42 Å². The van der Waals surface area contributed by atoms with E-state index in [2.05, 4.69) is 15.3 Å². The quantitative estimate of drug-likeness (QED) is 0.635. The summed E-state index contributed by atoms with van der Waals surface area (Å²) >= 11 is 5.65. The van der Waals surface area contributed by atoms with E-state index in [1.54, 1.807) is 13.0 Å². The molecule has 1 rings (SSSR count). The maximum absolute atomic E-state index is 11.5. The van der Waals surface area contributed by atoms with Crippen LogP contribution in [-0.4, -0.2) is 15.9 Å². The molecule has 0 radical (unpaired) electrons. The number of hydrogen-bond donors (Lipinski definition) is 1. The number of amides is 1. The van der Waals surface area contributed by atoms with Crippen molar-refractivity contribution in [2.24, 2.45) is 0 Å². The first kappa shape index (κ1) is 11.7. The van der Waals surface area contributed by atoms with Crippen LogP contribution in [0.25, 0.3) is 0 Å². The van der Waals surface area contributed by atoms with Crippen LogP contribution >= 0.6 is 11.6 Å². The van der Waals surface area contributed by atoms with Gasteiger partial charge in [0, 0.05) is 11.8 Å². The van der Waals surface area contributed by atoms with Gasteiger partial charge in [0.25, 0.3) is 5.91 Å². The number of carbonyl (C=O) groups excluding carboxylic acids is 1. The highest BCUT2D eigenvalue weighted by Crippen LogP contribution is 2.07. The summed E-state index contributed by atoms with van der Waals surface area (Å²) in [6.07, 6.45) is 4.14. The highest BCUT2D eigenvalue weighted by atomic mass is 35.5. The average molecular weight is 226 g/mol. The van der Waals surface area contributed by atoms with Crippen molar-refractivity contribution in [3.05, 3.63) is 29.1 Å². The lowest BCUT2D eigenvalue weighted by Crippen LogP contribution is -2.14. The minimum absolute atomic E-state index is 0.209. The molecule has 0 aliphatic heterocycles. The number of nitrogens with zero attached hydrogens (tertiary/aromatic N) is 2. The smallest absolute Gasteiger partial charge is 0.253 e. The second kappa shape index (κ2) is 5.46. The fraction of sp³-hybridized carbons (Fsp3) is 0.300. The second-order valence-corrected chi connectivity index (χ2v) is 3.34. The number of anilines is 1. The Labute approximate surface area is 93.4 Å². The molecule has 1 aromatic heterocycles. The molecule has 0 aliphatic rings. The second-order valence-electron chi connectivity index (χ2n) is 2.95. The molecule has 0 atom stereocenters. The molecule has 80 valence electrons. The SMILES string of the molecule is CC/C=C(/C)C(=O)Nc1nccc(Cl)n1. The van der Waals surface area contributed by atoms with Crippen LogP contribution in [0.5, 0.6) is 0 Å². The van der Waals surface area contributed by atoms with Gasteiger partial charge in [-0.1, -0.05) is 24.6 Å². The molecule has 5 heteroatoms. The summed E-state index contributed by atoms with van der Waals surface area (Å²) in [7, 11) is 0. The lowest BCUT2D eigenvalue weighted by Gasteiger charge is -2.03. The molecule has 15 heavy (non-hydrogen) atoms. The van der Waals surface area contributed by atoms with Crippen molar-refractivity contribution >= 4 is 23.5 Å². The number of halogens is 1. The summed E-state index contributed by atoms with van der Waals surface area (Å²) in [5, 5.41) is 2.86. The van der Waals surface area contributed by atoms with Crippen molar-refractivity contribution in [1.29, 1.82) is 0 Å². The van der Waals surface area contributed by atoms with E-state index in [9.17, 15) is 4.79 Å². The molecule has 1 aromatic rings. The van der Waals surface area contributed by atoms with Crippen molar-refractivity contribution in [3.63, 3.8) is 0 Å². The molecule has 4 nitrogen and oxygen atoms in total. The lowest BCUT2D eigenvalue weighted by molar-refractivity contribution is -0.112. The fourth-order valence-corrected chi connectivity index (χ4v) is 1.13. The molecule has 1 N–H and O–H groups in total. The third-order valence-corrected chi connectivity index (χ3v) is 1.93. The number of aromatic nitrogens is 2. The van der Waals surface area contributed by atoms with E-state index in [1.807, 2.05) is 13.0 Å². The Balaban J connectivity index is 2.70. The predicted molar refractivity (Wildman–Crippen MR) is 59.7 cm³/mol. The van der Waals surface area contributed by atoms with E-state index in [0.29, 0.717) is 10.7 Å². The normalized spacial score (nSPS) is 11.3. The van der Waals surface area contributed by atoms with Gasteiger partial charge >= 0.3 is 0 Å². The summed E-state index contributed by atoms with van der Waals surface area (Å²) in [6, 6.07) is 1.55. The molecular weight excluding hydrogens is 214 g/mol. The minimum Gasteiger partial charge on any atom is -0.291 e. The first-order valence-corrected chi connectivity index (χ1v) is 4.98. The topological polar surface area (TPSA) is 54.9 Å². The van der Waals surface area contributed by atoms with Crippen LogP contribution < -0.4 is 5.32 Å². The van der Waals surface area contributed by atoms with Gasteiger partial charge in [0.2, 0.25) is 5.95 Å². The van der Waals surface area contributed by atoms with E-state index in [-0.39, 0.29) is 11.9 Å².